The predicted molar refractivity (Wildman–Crippen MR) is 102 cm³/mol. The van der Waals surface area contributed by atoms with E-state index in [4.69, 9.17) is 4.74 Å². The van der Waals surface area contributed by atoms with Crippen LogP contribution in [0.3, 0.4) is 0 Å². The van der Waals surface area contributed by atoms with E-state index < -0.39 is 0 Å². The Hall–Kier alpha value is -1.73. The maximum absolute atomic E-state index is 12.5. The highest BCUT2D eigenvalue weighted by Crippen LogP contribution is 2.36. The fraction of sp³-hybridized carbons (Fsp3) is 0.111. The number of carbonyl (C=O) groups is 1. The molecule has 3 aromatic rings. The average Bonchev–Trinajstić information content (AvgIpc) is 3.01. The van der Waals surface area contributed by atoms with Crippen LogP contribution in [0.15, 0.2) is 54.6 Å². The molecule has 5 heteroatoms. The van der Waals surface area contributed by atoms with Gasteiger partial charge in [0.15, 0.2) is 0 Å². The second-order valence-corrected chi connectivity index (χ2v) is 6.85. The Morgan fingerprint density at radius 1 is 1.13 bits per heavy atom. The molecule has 0 atom stereocenters. The van der Waals surface area contributed by atoms with Gasteiger partial charge in [0.05, 0.1) is 17.2 Å². The van der Waals surface area contributed by atoms with Crippen molar-refractivity contribution in [2.45, 2.75) is 6.92 Å². The van der Waals surface area contributed by atoms with Crippen molar-refractivity contribution in [3.05, 3.63) is 63.7 Å². The molecule has 3 nitrogen and oxygen atoms in total. The number of benzene rings is 2. The molecular weight excluding hydrogens is 421 g/mol. The van der Waals surface area contributed by atoms with Crippen LogP contribution in [0.2, 0.25) is 0 Å². The van der Waals surface area contributed by atoms with Gasteiger partial charge < -0.3 is 4.74 Å². The van der Waals surface area contributed by atoms with E-state index in [1.54, 1.807) is 0 Å². The zero-order valence-electron chi connectivity index (χ0n) is 12.5. The van der Waals surface area contributed by atoms with Crippen LogP contribution >= 0.6 is 34.1 Å². The van der Waals surface area contributed by atoms with Gasteiger partial charge in [-0.25, -0.2) is 4.79 Å². The van der Waals surface area contributed by atoms with Crippen LogP contribution < -0.4 is 0 Å². The van der Waals surface area contributed by atoms with Gasteiger partial charge in [-0.2, -0.15) is 4.37 Å². The molecule has 1 heterocycles. The minimum Gasteiger partial charge on any atom is -0.462 e. The molecule has 0 radical (unpaired) electrons. The van der Waals surface area contributed by atoms with E-state index in [0.29, 0.717) is 17.9 Å². The Morgan fingerprint density at radius 3 is 2.57 bits per heavy atom. The van der Waals surface area contributed by atoms with Gasteiger partial charge in [0.1, 0.15) is 5.56 Å². The first-order valence-electron chi connectivity index (χ1n) is 7.19. The highest BCUT2D eigenvalue weighted by molar-refractivity contribution is 14.1. The lowest BCUT2D eigenvalue weighted by Crippen LogP contribution is -2.06. The second kappa shape index (κ2) is 7.23. The predicted octanol–water partition coefficient (Wildman–Crippen LogP) is 5.26. The maximum atomic E-state index is 12.5. The third-order valence-corrected chi connectivity index (χ3v) is 4.87. The van der Waals surface area contributed by atoms with Gasteiger partial charge in [0, 0.05) is 9.13 Å². The summed E-state index contributed by atoms with van der Waals surface area (Å²) in [6.45, 7) is 2.15. The minimum atomic E-state index is -0.325. The first-order chi connectivity index (χ1) is 11.2. The van der Waals surface area contributed by atoms with Gasteiger partial charge in [-0.05, 0) is 58.7 Å². The van der Waals surface area contributed by atoms with Crippen molar-refractivity contribution in [2.75, 3.05) is 6.61 Å². The molecule has 23 heavy (non-hydrogen) atoms. The van der Waals surface area contributed by atoms with Crippen molar-refractivity contribution in [3.8, 4) is 21.7 Å². The molecule has 116 valence electrons. The van der Waals surface area contributed by atoms with E-state index in [-0.39, 0.29) is 5.97 Å². The summed E-state index contributed by atoms with van der Waals surface area (Å²) in [6, 6.07) is 17.8. The molecule has 0 aliphatic heterocycles. The van der Waals surface area contributed by atoms with Crippen molar-refractivity contribution in [3.63, 3.8) is 0 Å². The summed E-state index contributed by atoms with van der Waals surface area (Å²) >= 11 is 3.59. The normalized spacial score (nSPS) is 10.5. The maximum Gasteiger partial charge on any atom is 0.341 e. The zero-order valence-corrected chi connectivity index (χ0v) is 15.4. The summed E-state index contributed by atoms with van der Waals surface area (Å²) in [5.41, 5.74) is 3.14. The first kappa shape index (κ1) is 16.1. The standard InChI is InChI=1S/C18H14INO2S/c1-2-22-18(21)15-16(13-9-6-10-14(19)11-13)20-23-17(15)12-7-4-3-5-8-12/h3-11H,2H2,1H3. The average molecular weight is 435 g/mol. The van der Waals surface area contributed by atoms with Crippen LogP contribution in [-0.2, 0) is 4.74 Å². The van der Waals surface area contributed by atoms with Crippen molar-refractivity contribution in [1.82, 2.24) is 4.37 Å². The molecule has 0 aliphatic carbocycles. The number of hydrogen-bond donors (Lipinski definition) is 0. The fourth-order valence-electron chi connectivity index (χ4n) is 2.30. The SMILES string of the molecule is CCOC(=O)c1c(-c2cccc(I)c2)nsc1-c1ccccc1. The number of aromatic nitrogens is 1. The van der Waals surface area contributed by atoms with E-state index in [1.807, 2.05) is 61.5 Å². The van der Waals surface area contributed by atoms with Crippen LogP contribution in [0.4, 0.5) is 0 Å². The first-order valence-corrected chi connectivity index (χ1v) is 9.04. The summed E-state index contributed by atoms with van der Waals surface area (Å²) in [5.74, 6) is -0.325. The van der Waals surface area contributed by atoms with Crippen LogP contribution in [0.1, 0.15) is 17.3 Å². The van der Waals surface area contributed by atoms with Gasteiger partial charge in [-0.1, -0.05) is 42.5 Å². The fourth-order valence-corrected chi connectivity index (χ4v) is 3.74. The number of esters is 1. The van der Waals surface area contributed by atoms with Crippen LogP contribution in [0.25, 0.3) is 21.7 Å². The Morgan fingerprint density at radius 2 is 1.87 bits per heavy atom. The van der Waals surface area contributed by atoms with Crippen molar-refractivity contribution >= 4 is 40.1 Å². The number of carbonyl (C=O) groups excluding carboxylic acids is 1. The topological polar surface area (TPSA) is 39.2 Å². The van der Waals surface area contributed by atoms with E-state index in [0.717, 1.165) is 19.6 Å². The smallest absolute Gasteiger partial charge is 0.341 e. The number of halogens is 1. The number of ether oxygens (including phenoxy) is 1. The van der Waals surface area contributed by atoms with Crippen molar-refractivity contribution in [1.29, 1.82) is 0 Å². The third-order valence-electron chi connectivity index (χ3n) is 3.31. The number of nitrogens with zero attached hydrogens (tertiary/aromatic N) is 1. The molecular formula is C18H14INO2S. The largest absolute Gasteiger partial charge is 0.462 e. The molecule has 3 rings (SSSR count). The second-order valence-electron chi connectivity index (χ2n) is 4.83. The minimum absolute atomic E-state index is 0.325. The molecule has 1 aromatic heterocycles. The van der Waals surface area contributed by atoms with Crippen LogP contribution in [0.5, 0.6) is 0 Å². The Bertz CT molecular complexity index is 830. The highest BCUT2D eigenvalue weighted by Gasteiger charge is 2.24. The lowest BCUT2D eigenvalue weighted by Gasteiger charge is -2.06. The van der Waals surface area contributed by atoms with E-state index in [9.17, 15) is 4.79 Å². The Kier molecular flexibility index (Phi) is 5.07. The van der Waals surface area contributed by atoms with E-state index in [1.165, 1.54) is 11.5 Å². The molecule has 0 saturated heterocycles. The van der Waals surface area contributed by atoms with Crippen molar-refractivity contribution in [2.24, 2.45) is 0 Å². The molecule has 0 aliphatic rings. The molecule has 0 saturated carbocycles. The van der Waals surface area contributed by atoms with Gasteiger partial charge in [-0.15, -0.1) is 0 Å². The van der Waals surface area contributed by atoms with Gasteiger partial charge >= 0.3 is 5.97 Å². The highest BCUT2D eigenvalue weighted by atomic mass is 127. The summed E-state index contributed by atoms with van der Waals surface area (Å²) in [5, 5.41) is 0. The van der Waals surface area contributed by atoms with Crippen LogP contribution in [-0.4, -0.2) is 16.9 Å². The monoisotopic (exact) mass is 435 g/mol. The summed E-state index contributed by atoms with van der Waals surface area (Å²) in [6.07, 6.45) is 0. The Balaban J connectivity index is 2.17. The molecule has 0 fully saturated rings. The van der Waals surface area contributed by atoms with E-state index in [2.05, 4.69) is 27.0 Å². The third kappa shape index (κ3) is 3.45. The summed E-state index contributed by atoms with van der Waals surface area (Å²) in [7, 11) is 0. The quantitative estimate of drug-likeness (QED) is 0.415. The zero-order chi connectivity index (χ0) is 16.2. The molecule has 0 N–H and O–H groups in total. The summed E-state index contributed by atoms with van der Waals surface area (Å²) in [4.78, 5) is 13.4. The lowest BCUT2D eigenvalue weighted by atomic mass is 10.0. The van der Waals surface area contributed by atoms with Crippen molar-refractivity contribution < 1.29 is 9.53 Å². The molecule has 0 amide bonds. The van der Waals surface area contributed by atoms with Crippen LogP contribution in [0, 0.1) is 3.57 Å². The molecule has 0 bridgehead atoms. The summed E-state index contributed by atoms with van der Waals surface area (Å²) < 4.78 is 10.9. The van der Waals surface area contributed by atoms with Gasteiger partial charge in [0.2, 0.25) is 0 Å². The Labute approximate surface area is 152 Å². The van der Waals surface area contributed by atoms with Gasteiger partial charge in [-0.3, -0.25) is 0 Å². The number of hydrogen-bond acceptors (Lipinski definition) is 4. The molecule has 0 spiro atoms. The number of rotatable bonds is 4. The van der Waals surface area contributed by atoms with Gasteiger partial charge in [0.25, 0.3) is 0 Å². The molecule has 2 aromatic carbocycles. The lowest BCUT2D eigenvalue weighted by molar-refractivity contribution is 0.0528. The molecule has 0 unspecified atom stereocenters. The van der Waals surface area contributed by atoms with E-state index >= 15 is 0 Å².